The van der Waals surface area contributed by atoms with Crippen LogP contribution in [0.4, 0.5) is 11.4 Å². The summed E-state index contributed by atoms with van der Waals surface area (Å²) in [6, 6.07) is 16.8. The molecule has 0 amide bonds. The summed E-state index contributed by atoms with van der Waals surface area (Å²) in [4.78, 5) is 10.3. The summed E-state index contributed by atoms with van der Waals surface area (Å²) in [7, 11) is 3.23. The van der Waals surface area contributed by atoms with Crippen molar-refractivity contribution in [2.75, 3.05) is 25.6 Å². The number of nitrogens with zero attached hydrogens (tertiary/aromatic N) is 1. The van der Waals surface area contributed by atoms with Crippen molar-refractivity contribution < 1.29 is 9.53 Å². The number of rotatable bonds is 2. The van der Waals surface area contributed by atoms with Crippen LogP contribution in [0.5, 0.6) is 0 Å². The number of hydrogen-bond acceptors (Lipinski definition) is 4. The Morgan fingerprint density at radius 3 is 2.17 bits per heavy atom. The molecule has 0 atom stereocenters. The first-order valence-electron chi connectivity index (χ1n) is 7.43. The Kier molecular flexibility index (Phi) is 7.57. The molecule has 0 fully saturated rings. The second-order valence-corrected chi connectivity index (χ2v) is 4.53. The lowest BCUT2D eigenvalue weighted by atomic mass is 10.1. The van der Waals surface area contributed by atoms with Gasteiger partial charge in [0, 0.05) is 23.4 Å². The maximum absolute atomic E-state index is 8.00. The predicted molar refractivity (Wildman–Crippen MR) is 97.7 cm³/mol. The van der Waals surface area contributed by atoms with Gasteiger partial charge in [0.05, 0.1) is 12.8 Å². The van der Waals surface area contributed by atoms with Gasteiger partial charge in [-0.2, -0.15) is 0 Å². The number of carbonyl (C=O) groups is 1. The van der Waals surface area contributed by atoms with E-state index < -0.39 is 0 Å². The first kappa shape index (κ1) is 18.5. The van der Waals surface area contributed by atoms with Gasteiger partial charge in [0.15, 0.2) is 0 Å². The van der Waals surface area contributed by atoms with Crippen LogP contribution < -0.4 is 10.6 Å². The van der Waals surface area contributed by atoms with Gasteiger partial charge in [-0.1, -0.05) is 30.3 Å². The van der Waals surface area contributed by atoms with Crippen LogP contribution in [0.2, 0.25) is 0 Å². The number of fused-ring (bicyclic) bond motifs is 2. The lowest BCUT2D eigenvalue weighted by Crippen LogP contribution is -2.17. The van der Waals surface area contributed by atoms with Crippen molar-refractivity contribution in [2.45, 2.75) is 6.92 Å². The van der Waals surface area contributed by atoms with Crippen molar-refractivity contribution >= 4 is 30.0 Å². The largest absolute Gasteiger partial charge is 0.496 e. The highest BCUT2D eigenvalue weighted by Gasteiger charge is 2.20. The minimum atomic E-state index is 0.916. The van der Waals surface area contributed by atoms with E-state index in [2.05, 4.69) is 72.2 Å². The number of benzene rings is 2. The zero-order valence-corrected chi connectivity index (χ0v) is 14.0. The second kappa shape index (κ2) is 9.43. The summed E-state index contributed by atoms with van der Waals surface area (Å²) < 4.78 is 5.58. The van der Waals surface area contributed by atoms with Gasteiger partial charge >= 0.3 is 0 Å². The average molecular weight is 312 g/mol. The van der Waals surface area contributed by atoms with Crippen LogP contribution in [0.1, 0.15) is 18.1 Å². The third-order valence-corrected chi connectivity index (χ3v) is 3.51. The van der Waals surface area contributed by atoms with Crippen LogP contribution >= 0.6 is 0 Å². The van der Waals surface area contributed by atoms with Crippen molar-refractivity contribution in [2.24, 2.45) is 5.73 Å². The number of ether oxygens (including phenoxy) is 1. The topological polar surface area (TPSA) is 55.6 Å². The fourth-order valence-electron chi connectivity index (χ4n) is 2.63. The molecule has 1 heterocycles. The molecule has 23 heavy (non-hydrogen) atoms. The summed E-state index contributed by atoms with van der Waals surface area (Å²) >= 11 is 0. The van der Waals surface area contributed by atoms with Crippen LogP contribution in [0, 0.1) is 0 Å². The smallest absolute Gasteiger partial charge is 0.128 e. The Hall–Kier alpha value is -2.59. The Morgan fingerprint density at radius 1 is 1.00 bits per heavy atom. The zero-order valence-electron chi connectivity index (χ0n) is 14.0. The molecule has 0 spiro atoms. The normalized spacial score (nSPS) is 11.3. The van der Waals surface area contributed by atoms with Gasteiger partial charge in [-0.05, 0) is 38.2 Å². The monoisotopic (exact) mass is 312 g/mol. The summed E-state index contributed by atoms with van der Waals surface area (Å²) in [5.74, 6) is 0.916. The van der Waals surface area contributed by atoms with Crippen LogP contribution in [0.3, 0.4) is 0 Å². The first-order valence-corrected chi connectivity index (χ1v) is 7.43. The van der Waals surface area contributed by atoms with Gasteiger partial charge in [-0.3, -0.25) is 0 Å². The Balaban J connectivity index is 0.000000615. The average Bonchev–Trinajstić information content (AvgIpc) is 2.79. The third kappa shape index (κ3) is 3.79. The standard InChI is InChI=1S/C17H17NO.CH5N.CH2O/c1-3-18-15-10-6-4-8-13(15)12-17(19-2)14-9-5-7-11-16(14)18;2*1-2/h4-12H,3H2,1-2H3;2H2,1H3;1H2. The van der Waals surface area contributed by atoms with Crippen molar-refractivity contribution in [3.05, 3.63) is 59.7 Å². The number of methoxy groups -OCH3 is 1. The van der Waals surface area contributed by atoms with E-state index in [9.17, 15) is 0 Å². The summed E-state index contributed by atoms with van der Waals surface area (Å²) in [6.07, 6.45) is 2.11. The number of para-hydroxylation sites is 2. The first-order chi connectivity index (χ1) is 11.3. The molecule has 2 N–H and O–H groups in total. The highest BCUT2D eigenvalue weighted by Crippen LogP contribution is 2.39. The highest BCUT2D eigenvalue weighted by atomic mass is 16.5. The van der Waals surface area contributed by atoms with Gasteiger partial charge in [0.2, 0.25) is 0 Å². The molecule has 2 aromatic carbocycles. The Morgan fingerprint density at radius 2 is 1.57 bits per heavy atom. The molecule has 0 unspecified atom stereocenters. The molecule has 0 bridgehead atoms. The molecule has 4 heteroatoms. The van der Waals surface area contributed by atoms with Gasteiger partial charge in [0.25, 0.3) is 0 Å². The van der Waals surface area contributed by atoms with Crippen LogP contribution in [-0.2, 0) is 9.53 Å². The molecule has 1 aliphatic rings. The molecule has 0 saturated carbocycles. The van der Waals surface area contributed by atoms with Gasteiger partial charge < -0.3 is 20.2 Å². The lowest BCUT2D eigenvalue weighted by molar-refractivity contribution is -0.0979. The van der Waals surface area contributed by atoms with Crippen LogP contribution in [0.25, 0.3) is 11.8 Å². The van der Waals surface area contributed by atoms with E-state index in [1.807, 2.05) is 6.79 Å². The predicted octanol–water partition coefficient (Wildman–Crippen LogP) is 3.69. The molecule has 2 aromatic rings. The number of nitrogens with two attached hydrogens (primary N) is 1. The van der Waals surface area contributed by atoms with Gasteiger partial charge in [-0.25, -0.2) is 0 Å². The third-order valence-electron chi connectivity index (χ3n) is 3.51. The van der Waals surface area contributed by atoms with E-state index in [1.165, 1.54) is 24.0 Å². The molecular formula is C19H24N2O2. The fraction of sp³-hybridized carbons (Fsp3) is 0.211. The van der Waals surface area contributed by atoms with Gasteiger partial charge in [-0.15, -0.1) is 0 Å². The molecule has 122 valence electrons. The highest BCUT2D eigenvalue weighted by molar-refractivity contribution is 5.92. The van der Waals surface area contributed by atoms with Crippen molar-refractivity contribution in [3.8, 4) is 0 Å². The van der Waals surface area contributed by atoms with E-state index >= 15 is 0 Å². The second-order valence-electron chi connectivity index (χ2n) is 4.53. The van der Waals surface area contributed by atoms with Crippen LogP contribution in [-0.4, -0.2) is 27.5 Å². The van der Waals surface area contributed by atoms with Crippen molar-refractivity contribution in [3.63, 3.8) is 0 Å². The van der Waals surface area contributed by atoms with E-state index in [4.69, 9.17) is 9.53 Å². The maximum atomic E-state index is 8.00. The van der Waals surface area contributed by atoms with Crippen molar-refractivity contribution in [1.82, 2.24) is 0 Å². The molecular weight excluding hydrogens is 288 g/mol. The Bertz CT molecular complexity index is 653. The van der Waals surface area contributed by atoms with Crippen molar-refractivity contribution in [1.29, 1.82) is 0 Å². The van der Waals surface area contributed by atoms with Gasteiger partial charge in [0.1, 0.15) is 12.5 Å². The van der Waals surface area contributed by atoms with E-state index in [0.29, 0.717) is 0 Å². The fourth-order valence-corrected chi connectivity index (χ4v) is 2.63. The number of hydrogen-bond donors (Lipinski definition) is 1. The minimum absolute atomic E-state index is 0.916. The van der Waals surface area contributed by atoms with E-state index in [1.54, 1.807) is 7.11 Å². The molecule has 4 nitrogen and oxygen atoms in total. The maximum Gasteiger partial charge on any atom is 0.128 e. The number of carbonyl (C=O) groups excluding carboxylic acids is 1. The van der Waals surface area contributed by atoms with Crippen LogP contribution in [0.15, 0.2) is 48.5 Å². The summed E-state index contributed by atoms with van der Waals surface area (Å²) in [5.41, 5.74) is 9.26. The minimum Gasteiger partial charge on any atom is -0.496 e. The molecule has 0 saturated heterocycles. The van der Waals surface area contributed by atoms with E-state index in [0.717, 1.165) is 17.9 Å². The lowest BCUT2D eigenvalue weighted by Gasteiger charge is -2.25. The molecule has 3 rings (SSSR count). The molecule has 0 aromatic heterocycles. The summed E-state index contributed by atoms with van der Waals surface area (Å²) in [6.45, 7) is 5.10. The molecule has 1 aliphatic heterocycles. The van der Waals surface area contributed by atoms with E-state index in [-0.39, 0.29) is 0 Å². The SMILES string of the molecule is C=O.CCN1c2ccccc2C=C(OC)c2ccccc21.CN. The summed E-state index contributed by atoms with van der Waals surface area (Å²) in [5, 5.41) is 0. The number of anilines is 2. The zero-order chi connectivity index (χ0) is 17.2. The molecule has 0 aliphatic carbocycles. The quantitative estimate of drug-likeness (QED) is 0.919. The Labute approximate surface area is 138 Å². The molecule has 0 radical (unpaired) electrons.